The molecule has 1 aromatic carbocycles. The summed E-state index contributed by atoms with van der Waals surface area (Å²) in [5, 5.41) is 0. The second kappa shape index (κ2) is 9.09. The smallest absolute Gasteiger partial charge is 0.358 e. The Labute approximate surface area is 190 Å². The molecular weight excluding hydrogens is 428 g/mol. The van der Waals surface area contributed by atoms with Crippen molar-refractivity contribution in [1.82, 2.24) is 4.57 Å². The fourth-order valence-corrected chi connectivity index (χ4v) is 5.32. The Morgan fingerprint density at radius 3 is 2.33 bits per heavy atom. The molecule has 0 radical (unpaired) electrons. The van der Waals surface area contributed by atoms with Gasteiger partial charge >= 0.3 is 11.9 Å². The standard InChI is InChI=1S/C24H26N2O7/c1-31-23(29)16-11-26(18-15-9-8-14(10-15)17(18)22(25)28)19(24(30)32-2)21(20(16)27)33-12-13-6-4-3-5-7-13/h3-7,11,14-15,17-18H,8-10,12H2,1-2H3,(H2,25,28)/t14-,15+,17+,18?/m0/s1. The molecule has 0 aliphatic heterocycles. The van der Waals surface area contributed by atoms with E-state index >= 15 is 0 Å². The van der Waals surface area contributed by atoms with E-state index in [0.29, 0.717) is 0 Å². The highest BCUT2D eigenvalue weighted by molar-refractivity contribution is 5.94. The number of hydrogen-bond donors (Lipinski definition) is 1. The SMILES string of the molecule is COC(=O)c1cn(C2[C@@H]3CC[C@@H](C3)[C@H]2C(N)=O)c(C(=O)OC)c(OCc2ccccc2)c1=O. The molecule has 174 valence electrons. The van der Waals surface area contributed by atoms with Crippen LogP contribution in [0.25, 0.3) is 0 Å². The molecule has 2 saturated carbocycles. The highest BCUT2D eigenvalue weighted by Gasteiger charge is 2.52. The molecule has 9 nitrogen and oxygen atoms in total. The van der Waals surface area contributed by atoms with Crippen LogP contribution >= 0.6 is 0 Å². The molecule has 33 heavy (non-hydrogen) atoms. The molecule has 1 aromatic heterocycles. The van der Waals surface area contributed by atoms with Crippen LogP contribution in [-0.2, 0) is 20.9 Å². The van der Waals surface area contributed by atoms with Crippen LogP contribution in [0.2, 0.25) is 0 Å². The van der Waals surface area contributed by atoms with E-state index in [4.69, 9.17) is 19.9 Å². The van der Waals surface area contributed by atoms with Crippen LogP contribution in [0, 0.1) is 17.8 Å². The van der Waals surface area contributed by atoms with Crippen LogP contribution in [0.15, 0.2) is 41.3 Å². The molecule has 0 spiro atoms. The number of hydrogen-bond acceptors (Lipinski definition) is 7. The lowest BCUT2D eigenvalue weighted by molar-refractivity contribution is -0.124. The molecular formula is C24H26N2O7. The van der Waals surface area contributed by atoms with Crippen molar-refractivity contribution in [1.29, 1.82) is 0 Å². The Morgan fingerprint density at radius 2 is 1.70 bits per heavy atom. The summed E-state index contributed by atoms with van der Waals surface area (Å²) in [5.41, 5.74) is 5.29. The van der Waals surface area contributed by atoms with Gasteiger partial charge in [0.25, 0.3) is 0 Å². The van der Waals surface area contributed by atoms with Gasteiger partial charge in [-0.2, -0.15) is 0 Å². The van der Waals surface area contributed by atoms with Crippen LogP contribution < -0.4 is 15.9 Å². The Bertz CT molecular complexity index is 1140. The predicted octanol–water partition coefficient (Wildman–Crippen LogP) is 2.07. The van der Waals surface area contributed by atoms with E-state index < -0.39 is 35.2 Å². The number of aromatic nitrogens is 1. The molecule has 2 aliphatic carbocycles. The highest BCUT2D eigenvalue weighted by Crippen LogP contribution is 2.55. The number of benzene rings is 1. The quantitative estimate of drug-likeness (QED) is 0.635. The largest absolute Gasteiger partial charge is 0.482 e. The van der Waals surface area contributed by atoms with Gasteiger partial charge in [0.1, 0.15) is 12.2 Å². The van der Waals surface area contributed by atoms with Crippen molar-refractivity contribution in [2.75, 3.05) is 14.2 Å². The minimum absolute atomic E-state index is 0.0132. The Balaban J connectivity index is 1.91. The lowest BCUT2D eigenvalue weighted by Gasteiger charge is -2.33. The third-order valence-electron chi connectivity index (χ3n) is 6.72. The molecule has 2 aliphatic rings. The van der Waals surface area contributed by atoms with E-state index in [9.17, 15) is 19.2 Å². The summed E-state index contributed by atoms with van der Waals surface area (Å²) >= 11 is 0. The van der Waals surface area contributed by atoms with Crippen molar-refractivity contribution >= 4 is 17.8 Å². The number of nitrogens with two attached hydrogens (primary N) is 1. The number of primary amides is 1. The first-order chi connectivity index (χ1) is 15.9. The Hall–Kier alpha value is -3.62. The first-order valence-electron chi connectivity index (χ1n) is 10.8. The van der Waals surface area contributed by atoms with Crippen molar-refractivity contribution in [3.05, 3.63) is 63.6 Å². The predicted molar refractivity (Wildman–Crippen MR) is 117 cm³/mol. The average Bonchev–Trinajstić information content (AvgIpc) is 3.44. The molecule has 1 heterocycles. The van der Waals surface area contributed by atoms with Gasteiger partial charge in [-0.25, -0.2) is 9.59 Å². The number of carbonyl (C=O) groups is 3. The zero-order valence-corrected chi connectivity index (χ0v) is 18.5. The zero-order chi connectivity index (χ0) is 23.7. The number of esters is 2. The topological polar surface area (TPSA) is 127 Å². The summed E-state index contributed by atoms with van der Waals surface area (Å²) in [6.45, 7) is -0.0132. The molecule has 2 fully saturated rings. The van der Waals surface area contributed by atoms with E-state index in [1.54, 1.807) is 12.1 Å². The summed E-state index contributed by atoms with van der Waals surface area (Å²) in [4.78, 5) is 51.0. The van der Waals surface area contributed by atoms with Gasteiger partial charge in [-0.15, -0.1) is 0 Å². The second-order valence-electron chi connectivity index (χ2n) is 8.47. The number of methoxy groups -OCH3 is 2. The van der Waals surface area contributed by atoms with E-state index in [0.717, 1.165) is 31.9 Å². The van der Waals surface area contributed by atoms with Gasteiger partial charge in [-0.3, -0.25) is 9.59 Å². The highest BCUT2D eigenvalue weighted by atomic mass is 16.5. The minimum Gasteiger partial charge on any atom is -0.482 e. The molecule has 0 saturated heterocycles. The third kappa shape index (κ3) is 3.99. The maximum atomic E-state index is 13.2. The molecule has 1 unspecified atom stereocenters. The first kappa shape index (κ1) is 22.6. The number of pyridine rings is 1. The molecule has 9 heteroatoms. The van der Waals surface area contributed by atoms with Gasteiger partial charge in [0.2, 0.25) is 11.3 Å². The lowest BCUT2D eigenvalue weighted by Crippen LogP contribution is -2.39. The van der Waals surface area contributed by atoms with Crippen molar-refractivity contribution in [3.8, 4) is 5.75 Å². The van der Waals surface area contributed by atoms with Crippen molar-refractivity contribution in [2.45, 2.75) is 31.9 Å². The molecule has 2 N–H and O–H groups in total. The normalized spacial score (nSPS) is 23.2. The van der Waals surface area contributed by atoms with E-state index in [-0.39, 0.29) is 35.4 Å². The summed E-state index contributed by atoms with van der Waals surface area (Å²) in [6.07, 6.45) is 3.76. The number of nitrogens with zero attached hydrogens (tertiary/aromatic N) is 1. The van der Waals surface area contributed by atoms with Crippen LogP contribution in [0.5, 0.6) is 5.75 Å². The van der Waals surface area contributed by atoms with E-state index in [2.05, 4.69) is 0 Å². The van der Waals surface area contributed by atoms with E-state index in [1.165, 1.54) is 17.9 Å². The van der Waals surface area contributed by atoms with Gasteiger partial charge in [0.05, 0.1) is 20.1 Å². The number of amides is 1. The molecule has 1 amide bonds. The number of fused-ring (bicyclic) bond motifs is 2. The van der Waals surface area contributed by atoms with Crippen LogP contribution in [0.4, 0.5) is 0 Å². The summed E-state index contributed by atoms with van der Waals surface area (Å²) in [7, 11) is 2.35. The van der Waals surface area contributed by atoms with Gasteiger partial charge in [-0.1, -0.05) is 30.3 Å². The molecule has 4 rings (SSSR count). The van der Waals surface area contributed by atoms with Gasteiger partial charge in [0.15, 0.2) is 11.4 Å². The average molecular weight is 454 g/mol. The number of rotatable bonds is 7. The molecule has 4 atom stereocenters. The number of carbonyl (C=O) groups excluding carboxylic acids is 3. The van der Waals surface area contributed by atoms with Gasteiger partial charge in [-0.05, 0) is 36.7 Å². The van der Waals surface area contributed by atoms with Gasteiger partial charge in [0, 0.05) is 12.2 Å². The maximum Gasteiger partial charge on any atom is 0.358 e. The Kier molecular flexibility index (Phi) is 6.22. The van der Waals surface area contributed by atoms with Crippen LogP contribution in [0.1, 0.15) is 51.7 Å². The van der Waals surface area contributed by atoms with Crippen LogP contribution in [-0.4, -0.2) is 36.6 Å². The lowest BCUT2D eigenvalue weighted by atomic mass is 9.83. The first-order valence-corrected chi connectivity index (χ1v) is 10.8. The summed E-state index contributed by atoms with van der Waals surface area (Å²) in [6, 6.07) is 8.58. The summed E-state index contributed by atoms with van der Waals surface area (Å²) in [5.74, 6) is -2.87. The Morgan fingerprint density at radius 1 is 1.03 bits per heavy atom. The van der Waals surface area contributed by atoms with Crippen molar-refractivity contribution in [3.63, 3.8) is 0 Å². The fourth-order valence-electron chi connectivity index (χ4n) is 5.32. The minimum atomic E-state index is -0.867. The third-order valence-corrected chi connectivity index (χ3v) is 6.72. The summed E-state index contributed by atoms with van der Waals surface area (Å²) < 4.78 is 17.1. The maximum absolute atomic E-state index is 13.2. The second-order valence-corrected chi connectivity index (χ2v) is 8.47. The number of ether oxygens (including phenoxy) is 3. The van der Waals surface area contributed by atoms with Crippen molar-refractivity contribution in [2.24, 2.45) is 23.5 Å². The zero-order valence-electron chi connectivity index (χ0n) is 18.5. The van der Waals surface area contributed by atoms with Gasteiger partial charge < -0.3 is 24.5 Å². The molecule has 2 bridgehead atoms. The fraction of sp³-hybridized carbons (Fsp3) is 0.417. The molecule has 2 aromatic rings. The van der Waals surface area contributed by atoms with Crippen molar-refractivity contribution < 1.29 is 28.6 Å². The van der Waals surface area contributed by atoms with Crippen LogP contribution in [0.3, 0.4) is 0 Å². The van der Waals surface area contributed by atoms with E-state index in [1.807, 2.05) is 18.2 Å². The monoisotopic (exact) mass is 454 g/mol.